The summed E-state index contributed by atoms with van der Waals surface area (Å²) in [7, 11) is 1.67. The van der Waals surface area contributed by atoms with Crippen molar-refractivity contribution in [3.8, 4) is 5.75 Å². The topological polar surface area (TPSA) is 50.7 Å². The lowest BCUT2D eigenvalue weighted by Gasteiger charge is -2.22. The van der Waals surface area contributed by atoms with Crippen molar-refractivity contribution >= 4 is 40.3 Å². The smallest absolute Gasteiger partial charge is 0.285 e. The summed E-state index contributed by atoms with van der Waals surface area (Å²) in [6.07, 6.45) is 0. The Morgan fingerprint density at radius 2 is 1.83 bits per heavy atom. The first-order valence-electron chi connectivity index (χ1n) is 7.21. The summed E-state index contributed by atoms with van der Waals surface area (Å²) in [6, 6.07) is 16.0. The highest BCUT2D eigenvalue weighted by Crippen LogP contribution is 2.51. The third-order valence-corrected chi connectivity index (χ3v) is 6.43. The normalized spacial score (nSPS) is 22.5. The zero-order chi connectivity index (χ0) is 15.8. The molecule has 2 unspecified atom stereocenters. The van der Waals surface area contributed by atoms with Crippen molar-refractivity contribution < 1.29 is 9.53 Å². The van der Waals surface area contributed by atoms with Gasteiger partial charge in [-0.05, 0) is 18.2 Å². The molecule has 1 fully saturated rings. The minimum Gasteiger partial charge on any atom is -0.496 e. The van der Waals surface area contributed by atoms with E-state index in [1.54, 1.807) is 18.9 Å². The monoisotopic (exact) mass is 342 g/mol. The van der Waals surface area contributed by atoms with Gasteiger partial charge in [-0.1, -0.05) is 42.1 Å². The third-order valence-electron chi connectivity index (χ3n) is 3.81. The highest BCUT2D eigenvalue weighted by molar-refractivity contribution is 8.16. The number of nitrogens with one attached hydrogen (secondary N) is 1. The summed E-state index contributed by atoms with van der Waals surface area (Å²) < 4.78 is 5.53. The van der Waals surface area contributed by atoms with Crippen LogP contribution in [0.1, 0.15) is 10.8 Å². The van der Waals surface area contributed by atoms with Crippen LogP contribution in [0.3, 0.4) is 0 Å². The molecule has 2 heterocycles. The van der Waals surface area contributed by atoms with E-state index in [9.17, 15) is 4.79 Å². The Hall–Kier alpha value is -1.92. The summed E-state index contributed by atoms with van der Waals surface area (Å²) in [5.41, 5.74) is 1.98. The van der Waals surface area contributed by atoms with Gasteiger partial charge >= 0.3 is 0 Å². The van der Waals surface area contributed by atoms with Crippen LogP contribution in [0.5, 0.6) is 5.75 Å². The quantitative estimate of drug-likeness (QED) is 0.879. The van der Waals surface area contributed by atoms with Crippen LogP contribution in [0.4, 0.5) is 10.5 Å². The highest BCUT2D eigenvalue weighted by atomic mass is 32.2. The Labute approximate surface area is 142 Å². The molecule has 116 valence electrons. The number of carbonyl (C=O) groups is 1. The second-order valence-electron chi connectivity index (χ2n) is 5.20. The number of carbonyl (C=O) groups excluding carboxylic acids is 1. The second-order valence-corrected chi connectivity index (χ2v) is 7.49. The average Bonchev–Trinajstić information content (AvgIpc) is 2.87. The molecule has 0 aliphatic carbocycles. The predicted octanol–water partition coefficient (Wildman–Crippen LogP) is 4.40. The van der Waals surface area contributed by atoms with E-state index in [0.717, 1.165) is 27.7 Å². The molecule has 4 nitrogen and oxygen atoms in total. The van der Waals surface area contributed by atoms with Crippen molar-refractivity contribution in [2.24, 2.45) is 4.99 Å². The molecule has 0 spiro atoms. The fraction of sp³-hybridized carbons (Fsp3) is 0.176. The fourth-order valence-electron chi connectivity index (χ4n) is 2.78. The number of amides is 1. The Morgan fingerprint density at radius 1 is 1.04 bits per heavy atom. The van der Waals surface area contributed by atoms with E-state index in [4.69, 9.17) is 4.74 Å². The van der Waals surface area contributed by atoms with E-state index < -0.39 is 0 Å². The number of rotatable bonds is 2. The molecule has 2 aliphatic rings. The van der Waals surface area contributed by atoms with E-state index >= 15 is 0 Å². The van der Waals surface area contributed by atoms with Crippen LogP contribution < -0.4 is 10.1 Å². The molecule has 0 bridgehead atoms. The van der Waals surface area contributed by atoms with Gasteiger partial charge in [-0.2, -0.15) is 0 Å². The highest BCUT2D eigenvalue weighted by Gasteiger charge is 2.40. The van der Waals surface area contributed by atoms with E-state index in [1.807, 2.05) is 36.4 Å². The SMILES string of the molecule is COc1ccccc1C1Sc2ccccc2N=C2NC(=O)SC21. The van der Waals surface area contributed by atoms with Gasteiger partial charge in [0.05, 0.1) is 23.3 Å². The molecule has 2 atom stereocenters. The average molecular weight is 342 g/mol. The van der Waals surface area contributed by atoms with Crippen LogP contribution >= 0.6 is 23.5 Å². The molecule has 0 saturated carbocycles. The van der Waals surface area contributed by atoms with Crippen LogP contribution in [-0.2, 0) is 0 Å². The fourth-order valence-corrected chi connectivity index (χ4v) is 5.24. The number of hydrogen-bond acceptors (Lipinski definition) is 5. The van der Waals surface area contributed by atoms with Crippen molar-refractivity contribution in [2.45, 2.75) is 15.4 Å². The minimum atomic E-state index is -0.0476. The standard InChI is InChI=1S/C17H14N2O2S2/c1-21-12-8-4-2-6-10(12)14-15-16(19-17(20)23-15)18-11-7-3-5-9-13(11)22-14/h2-9,14-15H,1H3,(H,18,19,20). The van der Waals surface area contributed by atoms with Gasteiger partial charge in [0.2, 0.25) is 0 Å². The van der Waals surface area contributed by atoms with Crippen LogP contribution in [0.25, 0.3) is 0 Å². The number of aliphatic imine (C=N–C) groups is 1. The number of thioether (sulfide) groups is 2. The Morgan fingerprint density at radius 3 is 2.70 bits per heavy atom. The molecule has 4 rings (SSSR count). The van der Waals surface area contributed by atoms with E-state index in [1.165, 1.54) is 11.8 Å². The molecule has 6 heteroatoms. The molecular formula is C17H14N2O2S2. The first kappa shape index (κ1) is 14.7. The maximum Gasteiger partial charge on any atom is 0.285 e. The number of amidine groups is 1. The summed E-state index contributed by atoms with van der Waals surface area (Å²) in [6.45, 7) is 0. The van der Waals surface area contributed by atoms with Crippen LogP contribution in [-0.4, -0.2) is 23.4 Å². The van der Waals surface area contributed by atoms with Crippen molar-refractivity contribution in [2.75, 3.05) is 7.11 Å². The van der Waals surface area contributed by atoms with Crippen LogP contribution in [0.15, 0.2) is 58.4 Å². The maximum atomic E-state index is 11.9. The zero-order valence-corrected chi connectivity index (χ0v) is 14.0. The number of para-hydroxylation sites is 2. The van der Waals surface area contributed by atoms with Crippen molar-refractivity contribution in [1.29, 1.82) is 0 Å². The van der Waals surface area contributed by atoms with Gasteiger partial charge in [0, 0.05) is 10.5 Å². The molecule has 2 aromatic carbocycles. The Kier molecular flexibility index (Phi) is 3.79. The summed E-state index contributed by atoms with van der Waals surface area (Å²) >= 11 is 3.03. The number of nitrogens with zero attached hydrogens (tertiary/aromatic N) is 1. The molecule has 2 aliphatic heterocycles. The Bertz CT molecular complexity index is 807. The van der Waals surface area contributed by atoms with Crippen molar-refractivity contribution in [3.05, 3.63) is 54.1 Å². The van der Waals surface area contributed by atoms with Gasteiger partial charge in [-0.25, -0.2) is 4.99 Å². The molecule has 0 radical (unpaired) electrons. The van der Waals surface area contributed by atoms with Gasteiger partial charge < -0.3 is 10.1 Å². The van der Waals surface area contributed by atoms with Crippen molar-refractivity contribution in [3.63, 3.8) is 0 Å². The molecule has 23 heavy (non-hydrogen) atoms. The summed E-state index contributed by atoms with van der Waals surface area (Å²) in [5, 5.41) is 2.85. The molecule has 0 aromatic heterocycles. The van der Waals surface area contributed by atoms with Gasteiger partial charge in [0.25, 0.3) is 5.24 Å². The molecule has 1 amide bonds. The van der Waals surface area contributed by atoms with Crippen LogP contribution in [0, 0.1) is 0 Å². The first-order chi connectivity index (χ1) is 11.3. The van der Waals surface area contributed by atoms with Crippen molar-refractivity contribution in [1.82, 2.24) is 5.32 Å². The second kappa shape index (κ2) is 5.94. The molecule has 1 saturated heterocycles. The summed E-state index contributed by atoms with van der Waals surface area (Å²) in [4.78, 5) is 17.7. The van der Waals surface area contributed by atoms with E-state index in [2.05, 4.69) is 22.4 Å². The number of methoxy groups -OCH3 is 1. The van der Waals surface area contributed by atoms with E-state index in [-0.39, 0.29) is 15.7 Å². The maximum absolute atomic E-state index is 11.9. The summed E-state index contributed by atoms with van der Waals surface area (Å²) in [5.74, 6) is 1.57. The first-order valence-corrected chi connectivity index (χ1v) is 8.97. The van der Waals surface area contributed by atoms with E-state index in [0.29, 0.717) is 0 Å². The number of hydrogen-bond donors (Lipinski definition) is 1. The minimum absolute atomic E-state index is 0.0452. The van der Waals surface area contributed by atoms with Crippen LogP contribution in [0.2, 0.25) is 0 Å². The predicted molar refractivity (Wildman–Crippen MR) is 95.0 cm³/mol. The Balaban J connectivity index is 1.86. The van der Waals surface area contributed by atoms with Gasteiger partial charge in [0.15, 0.2) is 0 Å². The lowest BCUT2D eigenvalue weighted by Crippen LogP contribution is -2.27. The molecular weight excluding hydrogens is 328 g/mol. The largest absolute Gasteiger partial charge is 0.496 e. The molecule has 2 aromatic rings. The lowest BCUT2D eigenvalue weighted by atomic mass is 10.1. The number of fused-ring (bicyclic) bond motifs is 2. The van der Waals surface area contributed by atoms with Gasteiger partial charge in [-0.15, -0.1) is 11.8 Å². The van der Waals surface area contributed by atoms with Gasteiger partial charge in [-0.3, -0.25) is 4.79 Å². The lowest BCUT2D eigenvalue weighted by molar-refractivity contribution is 0.265. The number of benzene rings is 2. The number of ether oxygens (including phenoxy) is 1. The third kappa shape index (κ3) is 2.62. The van der Waals surface area contributed by atoms with Gasteiger partial charge in [0.1, 0.15) is 11.6 Å². The molecule has 1 N–H and O–H groups in total. The zero-order valence-electron chi connectivity index (χ0n) is 12.4.